The molecular formula is C9H18N2. The van der Waals surface area contributed by atoms with E-state index in [1.165, 1.54) is 18.7 Å². The zero-order valence-electron chi connectivity index (χ0n) is 7.56. The van der Waals surface area contributed by atoms with Crippen molar-refractivity contribution < 1.29 is 0 Å². The lowest BCUT2D eigenvalue weighted by molar-refractivity contribution is 0.608. The van der Waals surface area contributed by atoms with Gasteiger partial charge in [0.15, 0.2) is 0 Å². The topological polar surface area (TPSA) is 24.4 Å². The van der Waals surface area contributed by atoms with Crippen molar-refractivity contribution in [2.24, 2.45) is 10.9 Å². The van der Waals surface area contributed by atoms with Crippen LogP contribution in [0.3, 0.4) is 0 Å². The third-order valence-corrected chi connectivity index (χ3v) is 1.84. The smallest absolute Gasteiger partial charge is 0.0963 e. The summed E-state index contributed by atoms with van der Waals surface area (Å²) in [7, 11) is 0. The minimum Gasteiger partial charge on any atom is -0.374 e. The molecule has 0 bridgehead atoms. The number of nitrogens with zero attached hydrogens (tertiary/aromatic N) is 1. The van der Waals surface area contributed by atoms with Crippen LogP contribution >= 0.6 is 0 Å². The average molecular weight is 154 g/mol. The molecule has 0 unspecified atom stereocenters. The second-order valence-electron chi connectivity index (χ2n) is 3.56. The van der Waals surface area contributed by atoms with E-state index in [4.69, 9.17) is 0 Å². The highest BCUT2D eigenvalue weighted by atomic mass is 15.0. The van der Waals surface area contributed by atoms with Gasteiger partial charge in [0.05, 0.1) is 5.84 Å². The fraction of sp³-hybridized carbons (Fsp3) is 0.889. The maximum absolute atomic E-state index is 4.41. The van der Waals surface area contributed by atoms with Crippen molar-refractivity contribution in [1.29, 1.82) is 0 Å². The number of nitrogens with one attached hydrogen (secondary N) is 1. The second kappa shape index (κ2) is 4.37. The lowest BCUT2D eigenvalue weighted by atomic mass is 10.1. The molecule has 0 aliphatic carbocycles. The van der Waals surface area contributed by atoms with Gasteiger partial charge in [-0.25, -0.2) is 0 Å². The molecule has 0 aromatic rings. The van der Waals surface area contributed by atoms with Gasteiger partial charge in [-0.05, 0) is 18.8 Å². The Bertz CT molecular complexity index is 138. The molecule has 1 N–H and O–H groups in total. The summed E-state index contributed by atoms with van der Waals surface area (Å²) in [5, 5.41) is 3.37. The maximum atomic E-state index is 4.41. The average Bonchev–Trinajstić information content (AvgIpc) is 2.03. The van der Waals surface area contributed by atoms with Gasteiger partial charge in [-0.3, -0.25) is 4.99 Å². The second-order valence-corrected chi connectivity index (χ2v) is 3.56. The van der Waals surface area contributed by atoms with Gasteiger partial charge < -0.3 is 5.32 Å². The van der Waals surface area contributed by atoms with Crippen molar-refractivity contribution in [3.05, 3.63) is 0 Å². The molecule has 0 fully saturated rings. The Morgan fingerprint density at radius 1 is 1.45 bits per heavy atom. The van der Waals surface area contributed by atoms with Gasteiger partial charge in [0, 0.05) is 19.5 Å². The molecule has 0 aromatic heterocycles. The molecule has 0 aromatic carbocycles. The minimum atomic E-state index is 0.722. The first-order valence-corrected chi connectivity index (χ1v) is 4.56. The van der Waals surface area contributed by atoms with Crippen LogP contribution in [0.4, 0.5) is 0 Å². The minimum absolute atomic E-state index is 0.722. The molecule has 0 radical (unpaired) electrons. The highest BCUT2D eigenvalue weighted by molar-refractivity contribution is 5.82. The number of hydrogen-bond donors (Lipinski definition) is 1. The van der Waals surface area contributed by atoms with Crippen molar-refractivity contribution in [1.82, 2.24) is 5.32 Å². The quantitative estimate of drug-likeness (QED) is 0.644. The normalized spacial score (nSPS) is 18.3. The molecule has 0 amide bonds. The third-order valence-electron chi connectivity index (χ3n) is 1.84. The van der Waals surface area contributed by atoms with E-state index in [1.807, 2.05) is 0 Å². The van der Waals surface area contributed by atoms with Crippen LogP contribution in [0, 0.1) is 5.92 Å². The molecule has 0 atom stereocenters. The lowest BCUT2D eigenvalue weighted by Crippen LogP contribution is -2.29. The number of hydrogen-bond acceptors (Lipinski definition) is 2. The van der Waals surface area contributed by atoms with Crippen molar-refractivity contribution >= 4 is 5.84 Å². The molecule has 1 aliphatic rings. The van der Waals surface area contributed by atoms with E-state index in [-0.39, 0.29) is 0 Å². The standard InChI is InChI=1S/C9H18N2/c1-8(2)7-11-9-5-3-4-6-10-9/h8H,3-7H2,1-2H3,(H,10,11). The summed E-state index contributed by atoms with van der Waals surface area (Å²) in [4.78, 5) is 4.41. The monoisotopic (exact) mass is 154 g/mol. The maximum Gasteiger partial charge on any atom is 0.0963 e. The molecule has 1 aliphatic heterocycles. The molecule has 2 nitrogen and oxygen atoms in total. The van der Waals surface area contributed by atoms with E-state index in [0.29, 0.717) is 0 Å². The van der Waals surface area contributed by atoms with Gasteiger partial charge in [-0.2, -0.15) is 0 Å². The molecule has 11 heavy (non-hydrogen) atoms. The molecule has 0 saturated carbocycles. The van der Waals surface area contributed by atoms with Gasteiger partial charge in [0.1, 0.15) is 0 Å². The number of amidine groups is 1. The van der Waals surface area contributed by atoms with E-state index in [2.05, 4.69) is 24.2 Å². The van der Waals surface area contributed by atoms with Gasteiger partial charge in [-0.1, -0.05) is 13.8 Å². The van der Waals surface area contributed by atoms with Crippen LogP contribution in [0.2, 0.25) is 0 Å². The predicted octanol–water partition coefficient (Wildman–Crippen LogP) is 1.81. The Hall–Kier alpha value is -0.530. The zero-order valence-corrected chi connectivity index (χ0v) is 7.56. The predicted molar refractivity (Wildman–Crippen MR) is 49.0 cm³/mol. The molecule has 1 heterocycles. The summed E-state index contributed by atoms with van der Waals surface area (Å²) in [5.74, 6) is 1.95. The molecule has 1 rings (SSSR count). The Morgan fingerprint density at radius 3 is 2.82 bits per heavy atom. The highest BCUT2D eigenvalue weighted by Gasteiger charge is 2.03. The van der Waals surface area contributed by atoms with E-state index in [1.54, 1.807) is 0 Å². The van der Waals surface area contributed by atoms with Crippen LogP contribution in [0.25, 0.3) is 0 Å². The largest absolute Gasteiger partial charge is 0.374 e. The van der Waals surface area contributed by atoms with Crippen LogP contribution in [-0.4, -0.2) is 18.9 Å². The van der Waals surface area contributed by atoms with Crippen molar-refractivity contribution in [2.45, 2.75) is 33.1 Å². The van der Waals surface area contributed by atoms with Crippen molar-refractivity contribution in [3.8, 4) is 0 Å². The first kappa shape index (κ1) is 8.57. The SMILES string of the molecule is CC(C)CNC1=NCCCC1. The molecule has 0 saturated heterocycles. The summed E-state index contributed by atoms with van der Waals surface area (Å²) in [6.07, 6.45) is 3.74. The van der Waals surface area contributed by atoms with E-state index in [0.717, 1.165) is 25.4 Å². The summed E-state index contributed by atoms with van der Waals surface area (Å²) < 4.78 is 0. The van der Waals surface area contributed by atoms with Crippen LogP contribution in [0.1, 0.15) is 33.1 Å². The summed E-state index contributed by atoms with van der Waals surface area (Å²) in [6, 6.07) is 0. The van der Waals surface area contributed by atoms with E-state index in [9.17, 15) is 0 Å². The first-order valence-electron chi connectivity index (χ1n) is 4.56. The van der Waals surface area contributed by atoms with Gasteiger partial charge in [-0.15, -0.1) is 0 Å². The lowest BCUT2D eigenvalue weighted by Gasteiger charge is -2.14. The van der Waals surface area contributed by atoms with Crippen molar-refractivity contribution in [2.75, 3.05) is 13.1 Å². The van der Waals surface area contributed by atoms with Gasteiger partial charge >= 0.3 is 0 Å². The summed E-state index contributed by atoms with van der Waals surface area (Å²) in [6.45, 7) is 6.53. The van der Waals surface area contributed by atoms with E-state index < -0.39 is 0 Å². The Balaban J connectivity index is 2.19. The number of rotatable bonds is 2. The Kier molecular flexibility index (Phi) is 3.40. The molecule has 2 heteroatoms. The van der Waals surface area contributed by atoms with Gasteiger partial charge in [0.25, 0.3) is 0 Å². The summed E-state index contributed by atoms with van der Waals surface area (Å²) in [5.41, 5.74) is 0. The highest BCUT2D eigenvalue weighted by Crippen LogP contribution is 2.04. The summed E-state index contributed by atoms with van der Waals surface area (Å²) >= 11 is 0. The fourth-order valence-corrected chi connectivity index (χ4v) is 1.16. The van der Waals surface area contributed by atoms with Crippen LogP contribution < -0.4 is 5.32 Å². The first-order chi connectivity index (χ1) is 5.29. The Morgan fingerprint density at radius 2 is 2.27 bits per heavy atom. The molecular weight excluding hydrogens is 136 g/mol. The fourth-order valence-electron chi connectivity index (χ4n) is 1.16. The molecule has 0 spiro atoms. The zero-order chi connectivity index (χ0) is 8.10. The number of aliphatic imine (C=N–C) groups is 1. The van der Waals surface area contributed by atoms with Crippen LogP contribution in [0.5, 0.6) is 0 Å². The third kappa shape index (κ3) is 3.40. The van der Waals surface area contributed by atoms with Crippen LogP contribution in [0.15, 0.2) is 4.99 Å². The van der Waals surface area contributed by atoms with Gasteiger partial charge in [0.2, 0.25) is 0 Å². The Labute approximate surface area is 69.1 Å². The van der Waals surface area contributed by atoms with Crippen LogP contribution in [-0.2, 0) is 0 Å². The van der Waals surface area contributed by atoms with E-state index >= 15 is 0 Å². The van der Waals surface area contributed by atoms with Crippen molar-refractivity contribution in [3.63, 3.8) is 0 Å². The molecule has 64 valence electrons.